The molecule has 16 heavy (non-hydrogen) atoms. The lowest BCUT2D eigenvalue weighted by Gasteiger charge is -2.10. The Morgan fingerprint density at radius 2 is 1.69 bits per heavy atom. The molecule has 2 heteroatoms. The van der Waals surface area contributed by atoms with E-state index in [0.717, 1.165) is 4.58 Å². The minimum Gasteiger partial charge on any atom is -0.146 e. The second-order valence-electron chi connectivity index (χ2n) is 4.01. The van der Waals surface area contributed by atoms with Gasteiger partial charge in [-0.3, -0.25) is 0 Å². The number of hydrogen-bond acceptors (Lipinski definition) is 2. The summed E-state index contributed by atoms with van der Waals surface area (Å²) in [6.07, 6.45) is 1.21. The third kappa shape index (κ3) is 2.09. The Hall–Kier alpha value is -0.600. The summed E-state index contributed by atoms with van der Waals surface area (Å²) in [7, 11) is 0. The lowest BCUT2D eigenvalue weighted by molar-refractivity contribution is 1.13. The maximum atomic E-state index is 2.28. The summed E-state index contributed by atoms with van der Waals surface area (Å²) in [4.78, 5) is 0. The summed E-state index contributed by atoms with van der Waals surface area (Å²) in [5.74, 6) is 2.64. The topological polar surface area (TPSA) is 0 Å². The van der Waals surface area contributed by atoms with Gasteiger partial charge in [0.25, 0.3) is 0 Å². The first-order chi connectivity index (χ1) is 7.93. The third-order valence-electron chi connectivity index (χ3n) is 2.96. The Morgan fingerprint density at radius 3 is 2.56 bits per heavy atom. The first-order valence-electron chi connectivity index (χ1n) is 5.63. The van der Waals surface area contributed by atoms with Gasteiger partial charge in [0.1, 0.15) is 0 Å². The largest absolute Gasteiger partial charge is 0.146 e. The standard InChI is InChI=1S/C14H14S2/c1-2-7-13-11(4-1)5-3-6-12(13)10-14-15-8-9-16-14/h1-7,14H,8-10H2. The van der Waals surface area contributed by atoms with Crippen molar-refractivity contribution in [3.8, 4) is 0 Å². The molecule has 0 unspecified atom stereocenters. The van der Waals surface area contributed by atoms with E-state index >= 15 is 0 Å². The van der Waals surface area contributed by atoms with Gasteiger partial charge >= 0.3 is 0 Å². The van der Waals surface area contributed by atoms with Crippen LogP contribution in [0.1, 0.15) is 5.56 Å². The van der Waals surface area contributed by atoms with Gasteiger partial charge in [-0.15, -0.1) is 23.5 Å². The molecule has 0 spiro atoms. The molecular formula is C14H14S2. The van der Waals surface area contributed by atoms with Crippen LogP contribution in [0.3, 0.4) is 0 Å². The highest BCUT2D eigenvalue weighted by molar-refractivity contribution is 8.20. The van der Waals surface area contributed by atoms with Gasteiger partial charge in [-0.05, 0) is 22.8 Å². The minimum atomic E-state index is 0.769. The molecule has 0 amide bonds. The molecule has 1 saturated heterocycles. The summed E-state index contributed by atoms with van der Waals surface area (Å²) in [6.45, 7) is 0. The number of rotatable bonds is 2. The fourth-order valence-corrected chi connectivity index (χ4v) is 5.03. The first-order valence-corrected chi connectivity index (χ1v) is 7.73. The zero-order chi connectivity index (χ0) is 10.8. The predicted octanol–water partition coefficient (Wildman–Crippen LogP) is 4.19. The summed E-state index contributed by atoms with van der Waals surface area (Å²) in [5, 5.41) is 2.80. The van der Waals surface area contributed by atoms with Crippen molar-refractivity contribution in [1.82, 2.24) is 0 Å². The Bertz CT molecular complexity index is 482. The molecule has 0 saturated carbocycles. The van der Waals surface area contributed by atoms with Crippen molar-refractivity contribution < 1.29 is 0 Å². The van der Waals surface area contributed by atoms with Crippen molar-refractivity contribution in [1.29, 1.82) is 0 Å². The maximum Gasteiger partial charge on any atom is 0.0543 e. The second kappa shape index (κ2) is 4.72. The van der Waals surface area contributed by atoms with Gasteiger partial charge in [-0.1, -0.05) is 42.5 Å². The molecule has 3 rings (SSSR count). The minimum absolute atomic E-state index is 0.769. The predicted molar refractivity (Wildman–Crippen MR) is 76.4 cm³/mol. The quantitative estimate of drug-likeness (QED) is 0.779. The van der Waals surface area contributed by atoms with Crippen LogP contribution in [0.25, 0.3) is 10.8 Å². The Kier molecular flexibility index (Phi) is 3.11. The molecule has 0 radical (unpaired) electrons. The van der Waals surface area contributed by atoms with Crippen molar-refractivity contribution >= 4 is 34.3 Å². The van der Waals surface area contributed by atoms with Gasteiger partial charge in [0, 0.05) is 11.5 Å². The Balaban J connectivity index is 1.96. The number of benzene rings is 2. The van der Waals surface area contributed by atoms with Crippen LogP contribution in [-0.2, 0) is 6.42 Å². The highest BCUT2D eigenvalue weighted by atomic mass is 32.2. The lowest BCUT2D eigenvalue weighted by Crippen LogP contribution is -1.98. The molecule has 0 nitrogen and oxygen atoms in total. The van der Waals surface area contributed by atoms with E-state index in [9.17, 15) is 0 Å². The normalized spacial score (nSPS) is 17.0. The van der Waals surface area contributed by atoms with Crippen LogP contribution in [-0.4, -0.2) is 16.1 Å². The van der Waals surface area contributed by atoms with Crippen LogP contribution < -0.4 is 0 Å². The average molecular weight is 246 g/mol. The summed E-state index contributed by atoms with van der Waals surface area (Å²) in [6, 6.07) is 15.4. The van der Waals surface area contributed by atoms with Crippen LogP contribution in [0.4, 0.5) is 0 Å². The van der Waals surface area contributed by atoms with Gasteiger partial charge in [0.2, 0.25) is 0 Å². The molecule has 82 valence electrons. The van der Waals surface area contributed by atoms with Crippen LogP contribution in [0, 0.1) is 0 Å². The molecule has 0 bridgehead atoms. The molecule has 0 N–H and O–H groups in total. The van der Waals surface area contributed by atoms with Crippen LogP contribution >= 0.6 is 23.5 Å². The zero-order valence-corrected chi connectivity index (χ0v) is 10.7. The van der Waals surface area contributed by atoms with Gasteiger partial charge in [0.15, 0.2) is 0 Å². The average Bonchev–Trinajstić information content (AvgIpc) is 2.82. The number of thioether (sulfide) groups is 2. The SMILES string of the molecule is c1ccc2c(CC3SCCS3)cccc2c1. The fraction of sp³-hybridized carbons (Fsp3) is 0.286. The van der Waals surface area contributed by atoms with E-state index in [1.54, 1.807) is 0 Å². The molecule has 1 fully saturated rings. The van der Waals surface area contributed by atoms with E-state index in [2.05, 4.69) is 66.0 Å². The van der Waals surface area contributed by atoms with Crippen molar-refractivity contribution in [2.45, 2.75) is 11.0 Å². The van der Waals surface area contributed by atoms with Gasteiger partial charge in [0.05, 0.1) is 4.58 Å². The van der Waals surface area contributed by atoms with E-state index in [0.29, 0.717) is 0 Å². The Morgan fingerprint density at radius 1 is 0.938 bits per heavy atom. The van der Waals surface area contributed by atoms with E-state index < -0.39 is 0 Å². The molecule has 1 aliphatic heterocycles. The van der Waals surface area contributed by atoms with E-state index in [-0.39, 0.29) is 0 Å². The summed E-state index contributed by atoms with van der Waals surface area (Å²) in [5.41, 5.74) is 1.50. The van der Waals surface area contributed by atoms with Gasteiger partial charge in [-0.25, -0.2) is 0 Å². The molecule has 1 aliphatic rings. The van der Waals surface area contributed by atoms with Crippen LogP contribution in [0.15, 0.2) is 42.5 Å². The molecular weight excluding hydrogens is 232 g/mol. The smallest absolute Gasteiger partial charge is 0.0543 e. The molecule has 2 aromatic carbocycles. The third-order valence-corrected chi connectivity index (χ3v) is 5.99. The van der Waals surface area contributed by atoms with Crippen LogP contribution in [0.5, 0.6) is 0 Å². The van der Waals surface area contributed by atoms with Crippen molar-refractivity contribution in [2.75, 3.05) is 11.5 Å². The zero-order valence-electron chi connectivity index (χ0n) is 9.06. The molecule has 1 heterocycles. The molecule has 2 aromatic rings. The van der Waals surface area contributed by atoms with Crippen LogP contribution in [0.2, 0.25) is 0 Å². The summed E-state index contributed by atoms with van der Waals surface area (Å²) < 4.78 is 0.769. The van der Waals surface area contributed by atoms with Crippen molar-refractivity contribution in [3.63, 3.8) is 0 Å². The number of fused-ring (bicyclic) bond motifs is 1. The monoisotopic (exact) mass is 246 g/mol. The van der Waals surface area contributed by atoms with Crippen molar-refractivity contribution in [3.05, 3.63) is 48.0 Å². The molecule has 0 atom stereocenters. The lowest BCUT2D eigenvalue weighted by atomic mass is 10.0. The fourth-order valence-electron chi connectivity index (χ4n) is 2.18. The maximum absolute atomic E-state index is 2.28. The van der Waals surface area contributed by atoms with E-state index in [4.69, 9.17) is 0 Å². The molecule has 0 aromatic heterocycles. The highest BCUT2D eigenvalue weighted by Gasteiger charge is 2.17. The summed E-state index contributed by atoms with van der Waals surface area (Å²) >= 11 is 4.22. The second-order valence-corrected chi connectivity index (χ2v) is 6.93. The van der Waals surface area contributed by atoms with E-state index in [1.165, 1.54) is 34.3 Å². The van der Waals surface area contributed by atoms with Gasteiger partial charge < -0.3 is 0 Å². The molecule has 0 aliphatic carbocycles. The highest BCUT2D eigenvalue weighted by Crippen LogP contribution is 2.35. The number of hydrogen-bond donors (Lipinski definition) is 0. The first kappa shape index (κ1) is 10.5. The Labute approximate surface area is 105 Å². The van der Waals surface area contributed by atoms with Gasteiger partial charge in [-0.2, -0.15) is 0 Å². The van der Waals surface area contributed by atoms with Crippen molar-refractivity contribution in [2.24, 2.45) is 0 Å². The van der Waals surface area contributed by atoms with E-state index in [1.807, 2.05) is 0 Å².